The van der Waals surface area contributed by atoms with Gasteiger partial charge in [0.2, 0.25) is 0 Å². The second kappa shape index (κ2) is 6.93. The molecule has 1 saturated carbocycles. The van der Waals surface area contributed by atoms with Crippen LogP contribution in [0.3, 0.4) is 0 Å². The summed E-state index contributed by atoms with van der Waals surface area (Å²) >= 11 is 0. The molecule has 2 rings (SSSR count). The van der Waals surface area contributed by atoms with Crippen LogP contribution in [0.1, 0.15) is 45.4 Å². The van der Waals surface area contributed by atoms with Gasteiger partial charge in [-0.1, -0.05) is 18.9 Å². The average Bonchev–Trinajstić information content (AvgIpc) is 2.39. The van der Waals surface area contributed by atoms with Crippen molar-refractivity contribution < 1.29 is 9.53 Å². The van der Waals surface area contributed by atoms with Crippen molar-refractivity contribution in [2.24, 2.45) is 5.92 Å². The number of nitrogens with zero attached hydrogens (tertiary/aromatic N) is 1. The Bertz CT molecular complexity index is 299. The molecule has 0 radical (unpaired) electrons. The van der Waals surface area contributed by atoms with Crippen LogP contribution < -0.4 is 0 Å². The highest BCUT2D eigenvalue weighted by Gasteiger charge is 2.32. The zero-order valence-corrected chi connectivity index (χ0v) is 11.4. The molecule has 0 aromatic rings. The van der Waals surface area contributed by atoms with Gasteiger partial charge in [0.05, 0.1) is 6.61 Å². The average molecular weight is 251 g/mol. The highest BCUT2D eigenvalue weighted by atomic mass is 16.5. The van der Waals surface area contributed by atoms with Gasteiger partial charge in [0.15, 0.2) is 0 Å². The zero-order valence-electron chi connectivity index (χ0n) is 11.4. The van der Waals surface area contributed by atoms with E-state index >= 15 is 0 Å². The van der Waals surface area contributed by atoms with E-state index < -0.39 is 0 Å². The number of likely N-dealkylation sites (tertiary alicyclic amines) is 1. The van der Waals surface area contributed by atoms with E-state index in [0.717, 1.165) is 18.5 Å². The third kappa shape index (κ3) is 3.58. The van der Waals surface area contributed by atoms with Gasteiger partial charge >= 0.3 is 5.97 Å². The van der Waals surface area contributed by atoms with Crippen LogP contribution in [-0.2, 0) is 9.53 Å². The van der Waals surface area contributed by atoms with Crippen molar-refractivity contribution in [3.8, 4) is 0 Å². The maximum absolute atomic E-state index is 11.2. The van der Waals surface area contributed by atoms with Crippen LogP contribution in [0.25, 0.3) is 0 Å². The normalized spacial score (nSPS) is 29.2. The molecular weight excluding hydrogens is 226 g/mol. The largest absolute Gasteiger partial charge is 0.463 e. The molecule has 2 atom stereocenters. The molecule has 0 amide bonds. The van der Waals surface area contributed by atoms with Crippen molar-refractivity contribution >= 4 is 5.97 Å². The van der Waals surface area contributed by atoms with E-state index in [0.29, 0.717) is 6.61 Å². The Morgan fingerprint density at radius 1 is 1.28 bits per heavy atom. The van der Waals surface area contributed by atoms with Crippen molar-refractivity contribution in [1.29, 1.82) is 0 Å². The predicted molar refractivity (Wildman–Crippen MR) is 72.3 cm³/mol. The lowest BCUT2D eigenvalue weighted by Gasteiger charge is -2.43. The number of rotatable bonds is 4. The van der Waals surface area contributed by atoms with Crippen LogP contribution in [0.15, 0.2) is 12.2 Å². The number of hydrogen-bond donors (Lipinski definition) is 0. The van der Waals surface area contributed by atoms with E-state index in [1.165, 1.54) is 45.1 Å². The first-order valence-electron chi connectivity index (χ1n) is 7.38. The standard InChI is InChI=1S/C15H25NO2/c1-2-18-15(17)10-6-12-16-11-5-8-13-7-3-4-9-14(13)16/h6,10,13-14H,2-5,7-9,11-12H2,1H3/b10-6+. The number of carbonyl (C=O) groups is 1. The molecule has 1 saturated heterocycles. The topological polar surface area (TPSA) is 29.5 Å². The van der Waals surface area contributed by atoms with Gasteiger partial charge in [-0.15, -0.1) is 0 Å². The van der Waals surface area contributed by atoms with Crippen molar-refractivity contribution in [3.05, 3.63) is 12.2 Å². The Hall–Kier alpha value is -0.830. The summed E-state index contributed by atoms with van der Waals surface area (Å²) in [6.07, 6.45) is 11.8. The minimum atomic E-state index is -0.213. The van der Waals surface area contributed by atoms with Gasteiger partial charge in [0, 0.05) is 18.7 Å². The molecule has 0 N–H and O–H groups in total. The van der Waals surface area contributed by atoms with Crippen molar-refractivity contribution in [1.82, 2.24) is 4.90 Å². The molecule has 2 aliphatic rings. The van der Waals surface area contributed by atoms with Crippen molar-refractivity contribution in [3.63, 3.8) is 0 Å². The molecule has 1 heterocycles. The van der Waals surface area contributed by atoms with Crippen LogP contribution in [0.2, 0.25) is 0 Å². The highest BCUT2D eigenvalue weighted by molar-refractivity contribution is 5.81. The number of carbonyl (C=O) groups excluding carboxylic acids is 1. The number of hydrogen-bond acceptors (Lipinski definition) is 3. The van der Waals surface area contributed by atoms with E-state index in [1.807, 2.05) is 13.0 Å². The van der Waals surface area contributed by atoms with Crippen LogP contribution in [0, 0.1) is 5.92 Å². The van der Waals surface area contributed by atoms with Gasteiger partial charge in [-0.2, -0.15) is 0 Å². The van der Waals surface area contributed by atoms with E-state index in [2.05, 4.69) is 4.90 Å². The molecule has 0 spiro atoms. The smallest absolute Gasteiger partial charge is 0.330 e. The molecular formula is C15H25NO2. The molecule has 0 aromatic carbocycles. The van der Waals surface area contributed by atoms with Gasteiger partial charge in [-0.3, -0.25) is 4.90 Å². The monoisotopic (exact) mass is 251 g/mol. The van der Waals surface area contributed by atoms with Gasteiger partial charge in [0.25, 0.3) is 0 Å². The molecule has 3 heteroatoms. The third-order valence-corrected chi connectivity index (χ3v) is 4.24. The zero-order chi connectivity index (χ0) is 12.8. The molecule has 0 aromatic heterocycles. The van der Waals surface area contributed by atoms with Crippen LogP contribution in [-0.4, -0.2) is 36.6 Å². The molecule has 2 fully saturated rings. The Morgan fingerprint density at radius 2 is 2.06 bits per heavy atom. The highest BCUT2D eigenvalue weighted by Crippen LogP contribution is 2.34. The Labute approximate surface area is 110 Å². The molecule has 3 nitrogen and oxygen atoms in total. The van der Waals surface area contributed by atoms with Crippen LogP contribution in [0.5, 0.6) is 0 Å². The molecule has 18 heavy (non-hydrogen) atoms. The fourth-order valence-electron chi connectivity index (χ4n) is 3.43. The lowest BCUT2D eigenvalue weighted by atomic mass is 9.78. The summed E-state index contributed by atoms with van der Waals surface area (Å²) in [5.41, 5.74) is 0. The summed E-state index contributed by atoms with van der Waals surface area (Å²) < 4.78 is 4.89. The van der Waals surface area contributed by atoms with E-state index in [9.17, 15) is 4.79 Å². The third-order valence-electron chi connectivity index (χ3n) is 4.24. The fraction of sp³-hybridized carbons (Fsp3) is 0.800. The van der Waals surface area contributed by atoms with Crippen LogP contribution in [0.4, 0.5) is 0 Å². The first-order chi connectivity index (χ1) is 8.81. The molecule has 102 valence electrons. The summed E-state index contributed by atoms with van der Waals surface area (Å²) in [7, 11) is 0. The maximum atomic E-state index is 11.2. The first kappa shape index (κ1) is 13.6. The molecule has 1 aliphatic heterocycles. The number of fused-ring (bicyclic) bond motifs is 1. The van der Waals surface area contributed by atoms with E-state index in [4.69, 9.17) is 4.74 Å². The predicted octanol–water partition coefficient (Wildman–Crippen LogP) is 2.76. The van der Waals surface area contributed by atoms with E-state index in [-0.39, 0.29) is 5.97 Å². The van der Waals surface area contributed by atoms with E-state index in [1.54, 1.807) is 6.08 Å². The lowest BCUT2D eigenvalue weighted by molar-refractivity contribution is -0.137. The molecule has 1 aliphatic carbocycles. The minimum Gasteiger partial charge on any atom is -0.463 e. The fourth-order valence-corrected chi connectivity index (χ4v) is 3.43. The van der Waals surface area contributed by atoms with Gasteiger partial charge in [0.1, 0.15) is 0 Å². The molecule has 2 unspecified atom stereocenters. The Kier molecular flexibility index (Phi) is 5.24. The Balaban J connectivity index is 1.82. The first-order valence-corrected chi connectivity index (χ1v) is 7.38. The summed E-state index contributed by atoms with van der Waals surface area (Å²) in [5.74, 6) is 0.693. The number of piperidine rings is 1. The summed E-state index contributed by atoms with van der Waals surface area (Å²) in [6.45, 7) is 4.38. The second-order valence-electron chi connectivity index (χ2n) is 5.40. The van der Waals surface area contributed by atoms with Crippen LogP contribution >= 0.6 is 0 Å². The Morgan fingerprint density at radius 3 is 2.89 bits per heavy atom. The van der Waals surface area contributed by atoms with Gasteiger partial charge in [-0.25, -0.2) is 4.79 Å². The molecule has 0 bridgehead atoms. The number of esters is 1. The van der Waals surface area contributed by atoms with Crippen molar-refractivity contribution in [2.45, 2.75) is 51.5 Å². The van der Waals surface area contributed by atoms with Gasteiger partial charge < -0.3 is 4.74 Å². The summed E-state index contributed by atoms with van der Waals surface area (Å²) in [5, 5.41) is 0. The lowest BCUT2D eigenvalue weighted by Crippen LogP contribution is -2.46. The summed E-state index contributed by atoms with van der Waals surface area (Å²) in [4.78, 5) is 13.8. The quantitative estimate of drug-likeness (QED) is 0.568. The second-order valence-corrected chi connectivity index (χ2v) is 5.40. The maximum Gasteiger partial charge on any atom is 0.330 e. The van der Waals surface area contributed by atoms with Gasteiger partial charge in [-0.05, 0) is 45.1 Å². The SMILES string of the molecule is CCOC(=O)/C=C/CN1CCCC2CCCCC21. The summed E-state index contributed by atoms with van der Waals surface area (Å²) in [6, 6.07) is 0.763. The van der Waals surface area contributed by atoms with Crippen molar-refractivity contribution in [2.75, 3.05) is 19.7 Å². The number of ether oxygens (including phenoxy) is 1. The minimum absolute atomic E-state index is 0.213.